The highest BCUT2D eigenvalue weighted by Crippen LogP contribution is 2.30. The minimum Gasteiger partial charge on any atom is -0.468 e. The number of carbonyl (C=O) groups is 2. The lowest BCUT2D eigenvalue weighted by atomic mass is 9.80. The van der Waals surface area contributed by atoms with Crippen molar-refractivity contribution in [3.63, 3.8) is 0 Å². The van der Waals surface area contributed by atoms with E-state index in [0.29, 0.717) is 13.0 Å². The molecule has 1 rings (SSSR count). The van der Waals surface area contributed by atoms with Gasteiger partial charge in [0, 0.05) is 6.61 Å². The van der Waals surface area contributed by atoms with E-state index in [0.717, 1.165) is 38.5 Å². The van der Waals surface area contributed by atoms with E-state index in [1.165, 1.54) is 13.5 Å². The van der Waals surface area contributed by atoms with E-state index < -0.39 is 18.0 Å². The normalized spacial score (nSPS) is 19.0. The van der Waals surface area contributed by atoms with Crippen LogP contribution in [0.1, 0.15) is 65.2 Å². The van der Waals surface area contributed by atoms with Gasteiger partial charge in [-0.2, -0.15) is 0 Å². The molecule has 1 saturated carbocycles. The lowest BCUT2D eigenvalue weighted by molar-refractivity contribution is -0.155. The molecular formula is C17H30O4. The van der Waals surface area contributed by atoms with Crippen molar-refractivity contribution in [2.45, 2.75) is 71.3 Å². The maximum absolute atomic E-state index is 12.8. The minimum atomic E-state index is -0.659. The van der Waals surface area contributed by atoms with Crippen molar-refractivity contribution in [1.82, 2.24) is 0 Å². The van der Waals surface area contributed by atoms with Crippen LogP contribution in [0.25, 0.3) is 0 Å². The van der Waals surface area contributed by atoms with Crippen molar-refractivity contribution in [2.24, 2.45) is 11.8 Å². The predicted molar refractivity (Wildman–Crippen MR) is 82.0 cm³/mol. The molecular weight excluding hydrogens is 268 g/mol. The maximum atomic E-state index is 12.8. The highest BCUT2D eigenvalue weighted by molar-refractivity contribution is 6.01. The monoisotopic (exact) mass is 298 g/mol. The summed E-state index contributed by atoms with van der Waals surface area (Å²) in [6, 6.07) is 0. The van der Waals surface area contributed by atoms with E-state index in [4.69, 9.17) is 9.47 Å². The molecule has 122 valence electrons. The number of methoxy groups -OCH3 is 1. The Morgan fingerprint density at radius 2 is 1.81 bits per heavy atom. The van der Waals surface area contributed by atoms with Crippen LogP contribution < -0.4 is 0 Å². The highest BCUT2D eigenvalue weighted by Gasteiger charge is 2.37. The molecule has 0 aromatic heterocycles. The first-order valence-corrected chi connectivity index (χ1v) is 8.38. The van der Waals surface area contributed by atoms with Crippen molar-refractivity contribution in [2.75, 3.05) is 13.7 Å². The Hall–Kier alpha value is -0.900. The maximum Gasteiger partial charge on any atom is 0.316 e. The van der Waals surface area contributed by atoms with Crippen molar-refractivity contribution in [3.05, 3.63) is 0 Å². The molecule has 4 heteroatoms. The molecule has 1 aliphatic rings. The molecule has 0 aliphatic heterocycles. The summed E-state index contributed by atoms with van der Waals surface area (Å²) in [5.74, 6) is -0.869. The molecule has 0 saturated heterocycles. The molecule has 0 amide bonds. The third-order valence-electron chi connectivity index (χ3n) is 4.38. The Morgan fingerprint density at radius 1 is 1.14 bits per heavy atom. The molecule has 0 N–H and O–H groups in total. The van der Waals surface area contributed by atoms with Gasteiger partial charge in [-0.05, 0) is 32.1 Å². The van der Waals surface area contributed by atoms with Gasteiger partial charge in [0.15, 0.2) is 5.78 Å². The molecule has 1 aliphatic carbocycles. The smallest absolute Gasteiger partial charge is 0.316 e. The van der Waals surface area contributed by atoms with Crippen LogP contribution >= 0.6 is 0 Å². The van der Waals surface area contributed by atoms with E-state index in [9.17, 15) is 9.59 Å². The van der Waals surface area contributed by atoms with Gasteiger partial charge in [-0.15, -0.1) is 0 Å². The van der Waals surface area contributed by atoms with Crippen LogP contribution in [0.15, 0.2) is 0 Å². The number of Topliss-reactive ketones (excluding diaryl/α,β-unsaturated/α-hetero) is 1. The van der Waals surface area contributed by atoms with Gasteiger partial charge in [0.1, 0.15) is 12.0 Å². The second-order valence-electron chi connectivity index (χ2n) is 5.89. The average Bonchev–Trinajstić information content (AvgIpc) is 2.53. The summed E-state index contributed by atoms with van der Waals surface area (Å²) >= 11 is 0. The first kappa shape index (κ1) is 18.1. The van der Waals surface area contributed by atoms with Crippen molar-refractivity contribution in [1.29, 1.82) is 0 Å². The Kier molecular flexibility index (Phi) is 8.58. The zero-order chi connectivity index (χ0) is 15.7. The van der Waals surface area contributed by atoms with Gasteiger partial charge in [0.25, 0.3) is 0 Å². The minimum absolute atomic E-state index is 0.0657. The Morgan fingerprint density at radius 3 is 2.33 bits per heavy atom. The molecule has 2 atom stereocenters. The SMILES string of the molecule is CCCCC(C(=O)OC)C(=O)C(OCC)C1CCCCC1. The summed E-state index contributed by atoms with van der Waals surface area (Å²) in [5.41, 5.74) is 0. The topological polar surface area (TPSA) is 52.6 Å². The van der Waals surface area contributed by atoms with Crippen LogP contribution in [0, 0.1) is 11.8 Å². The third kappa shape index (κ3) is 5.42. The fourth-order valence-corrected chi connectivity index (χ4v) is 3.19. The molecule has 1 fully saturated rings. The number of carbonyl (C=O) groups excluding carboxylic acids is 2. The largest absolute Gasteiger partial charge is 0.468 e. The second kappa shape index (κ2) is 9.93. The number of hydrogen-bond donors (Lipinski definition) is 0. The van der Waals surface area contributed by atoms with E-state index in [2.05, 4.69) is 6.92 Å². The number of ketones is 1. The molecule has 0 heterocycles. The summed E-state index contributed by atoms with van der Waals surface area (Å²) in [5, 5.41) is 0. The molecule has 4 nitrogen and oxygen atoms in total. The first-order chi connectivity index (χ1) is 10.2. The van der Waals surface area contributed by atoms with E-state index in [-0.39, 0.29) is 11.7 Å². The molecule has 0 aromatic rings. The summed E-state index contributed by atoms with van der Waals surface area (Å²) in [7, 11) is 1.35. The van der Waals surface area contributed by atoms with Gasteiger partial charge >= 0.3 is 5.97 Å². The van der Waals surface area contributed by atoms with E-state index in [1.807, 2.05) is 6.92 Å². The molecule has 0 radical (unpaired) electrons. The fourth-order valence-electron chi connectivity index (χ4n) is 3.19. The number of esters is 1. The number of hydrogen-bond acceptors (Lipinski definition) is 4. The van der Waals surface area contributed by atoms with Crippen LogP contribution in [0.3, 0.4) is 0 Å². The van der Waals surface area contributed by atoms with Gasteiger partial charge in [0.05, 0.1) is 7.11 Å². The Labute approximate surface area is 128 Å². The number of unbranched alkanes of at least 4 members (excludes halogenated alkanes) is 1. The van der Waals surface area contributed by atoms with Gasteiger partial charge in [-0.25, -0.2) is 0 Å². The van der Waals surface area contributed by atoms with Crippen molar-refractivity contribution < 1.29 is 19.1 Å². The summed E-state index contributed by atoms with van der Waals surface area (Å²) < 4.78 is 10.6. The molecule has 21 heavy (non-hydrogen) atoms. The van der Waals surface area contributed by atoms with E-state index >= 15 is 0 Å². The van der Waals surface area contributed by atoms with Gasteiger partial charge in [-0.1, -0.05) is 39.0 Å². The lowest BCUT2D eigenvalue weighted by Crippen LogP contribution is -2.41. The molecule has 0 spiro atoms. The van der Waals surface area contributed by atoms with E-state index in [1.54, 1.807) is 0 Å². The van der Waals surface area contributed by atoms with Crippen LogP contribution in [-0.4, -0.2) is 31.6 Å². The summed E-state index contributed by atoms with van der Waals surface area (Å²) in [4.78, 5) is 24.8. The van der Waals surface area contributed by atoms with Gasteiger partial charge < -0.3 is 9.47 Å². The quantitative estimate of drug-likeness (QED) is 0.483. The summed E-state index contributed by atoms with van der Waals surface area (Å²) in [6.45, 7) is 4.47. The molecule has 0 aromatic carbocycles. The standard InChI is InChI=1S/C17H30O4/c1-4-6-12-14(17(19)20-3)15(18)16(21-5-2)13-10-8-7-9-11-13/h13-14,16H,4-12H2,1-3H3. The van der Waals surface area contributed by atoms with Crippen LogP contribution in [0.4, 0.5) is 0 Å². The number of rotatable bonds is 9. The lowest BCUT2D eigenvalue weighted by Gasteiger charge is -2.30. The second-order valence-corrected chi connectivity index (χ2v) is 5.89. The fraction of sp³-hybridized carbons (Fsp3) is 0.882. The van der Waals surface area contributed by atoms with Gasteiger partial charge in [-0.3, -0.25) is 9.59 Å². The average molecular weight is 298 g/mol. The highest BCUT2D eigenvalue weighted by atomic mass is 16.5. The van der Waals surface area contributed by atoms with Gasteiger partial charge in [0.2, 0.25) is 0 Å². The van der Waals surface area contributed by atoms with Crippen molar-refractivity contribution in [3.8, 4) is 0 Å². The Bertz CT molecular complexity index is 321. The third-order valence-corrected chi connectivity index (χ3v) is 4.38. The van der Waals surface area contributed by atoms with Crippen LogP contribution in [0.2, 0.25) is 0 Å². The van der Waals surface area contributed by atoms with Crippen LogP contribution in [-0.2, 0) is 19.1 Å². The first-order valence-electron chi connectivity index (χ1n) is 8.38. The predicted octanol–water partition coefficient (Wildman–Crippen LogP) is 3.52. The Balaban J connectivity index is 2.80. The molecule has 0 bridgehead atoms. The zero-order valence-electron chi connectivity index (χ0n) is 13.7. The number of ether oxygens (including phenoxy) is 2. The summed E-state index contributed by atoms with van der Waals surface area (Å²) in [6.07, 6.45) is 7.54. The van der Waals surface area contributed by atoms with Crippen LogP contribution in [0.5, 0.6) is 0 Å². The molecule has 2 unspecified atom stereocenters. The zero-order valence-corrected chi connectivity index (χ0v) is 13.7. The van der Waals surface area contributed by atoms with Crippen molar-refractivity contribution >= 4 is 11.8 Å².